The second kappa shape index (κ2) is 5.32. The van der Waals surface area contributed by atoms with E-state index in [1.165, 1.54) is 6.20 Å². The number of rotatable bonds is 2. The zero-order valence-corrected chi connectivity index (χ0v) is 10.2. The van der Waals surface area contributed by atoms with E-state index in [1.807, 2.05) is 6.92 Å². The van der Waals surface area contributed by atoms with E-state index < -0.39 is 0 Å². The molecule has 2 atom stereocenters. The summed E-state index contributed by atoms with van der Waals surface area (Å²) < 4.78 is 5.40. The van der Waals surface area contributed by atoms with Gasteiger partial charge in [-0.2, -0.15) is 0 Å². The second-order valence-electron chi connectivity index (χ2n) is 4.41. The Morgan fingerprint density at radius 3 is 3.17 bits per heavy atom. The second-order valence-corrected chi connectivity index (χ2v) is 4.41. The summed E-state index contributed by atoms with van der Waals surface area (Å²) in [6, 6.07) is 3.17. The van der Waals surface area contributed by atoms with Crippen LogP contribution < -0.4 is 5.73 Å². The maximum atomic E-state index is 12.3. The van der Waals surface area contributed by atoms with Gasteiger partial charge in [0.1, 0.15) is 5.82 Å². The molecule has 6 nitrogen and oxygen atoms in total. The molecule has 6 heteroatoms. The number of hydrogen-bond acceptors (Lipinski definition) is 5. The fraction of sp³-hybridized carbons (Fsp3) is 0.500. The first-order valence-corrected chi connectivity index (χ1v) is 5.86. The lowest BCUT2D eigenvalue weighted by Crippen LogP contribution is -2.52. The topological polar surface area (TPSA) is 88.7 Å². The van der Waals surface area contributed by atoms with Crippen LogP contribution in [0.4, 0.5) is 5.82 Å². The molecule has 0 radical (unpaired) electrons. The van der Waals surface area contributed by atoms with Crippen LogP contribution in [-0.4, -0.2) is 52.8 Å². The van der Waals surface area contributed by atoms with Gasteiger partial charge in [0.15, 0.2) is 0 Å². The van der Waals surface area contributed by atoms with Crippen molar-refractivity contribution in [3.63, 3.8) is 0 Å². The first kappa shape index (κ1) is 12.8. The quantitative estimate of drug-likeness (QED) is 0.765. The van der Waals surface area contributed by atoms with Gasteiger partial charge in [0, 0.05) is 18.3 Å². The Labute approximate surface area is 105 Å². The minimum Gasteiger partial charge on any atom is -0.394 e. The molecule has 0 bridgehead atoms. The van der Waals surface area contributed by atoms with E-state index in [2.05, 4.69) is 4.98 Å². The first-order chi connectivity index (χ1) is 8.61. The van der Waals surface area contributed by atoms with Crippen molar-refractivity contribution in [1.82, 2.24) is 9.88 Å². The van der Waals surface area contributed by atoms with Gasteiger partial charge < -0.3 is 20.5 Å². The number of hydrogen-bond donors (Lipinski definition) is 2. The highest BCUT2D eigenvalue weighted by molar-refractivity contribution is 5.95. The predicted molar refractivity (Wildman–Crippen MR) is 66.0 cm³/mol. The van der Waals surface area contributed by atoms with Crippen molar-refractivity contribution < 1.29 is 14.6 Å². The number of aromatic nitrogens is 1. The van der Waals surface area contributed by atoms with Crippen molar-refractivity contribution in [3.8, 4) is 0 Å². The van der Waals surface area contributed by atoms with E-state index in [9.17, 15) is 4.79 Å². The van der Waals surface area contributed by atoms with Crippen molar-refractivity contribution in [3.05, 3.63) is 23.9 Å². The molecule has 0 saturated carbocycles. The maximum Gasteiger partial charge on any atom is 0.254 e. The summed E-state index contributed by atoms with van der Waals surface area (Å²) in [5, 5.41) is 9.10. The Balaban J connectivity index is 2.16. The van der Waals surface area contributed by atoms with Crippen LogP contribution in [0, 0.1) is 0 Å². The molecule has 98 valence electrons. The average molecular weight is 251 g/mol. The molecule has 2 heterocycles. The van der Waals surface area contributed by atoms with Gasteiger partial charge >= 0.3 is 0 Å². The van der Waals surface area contributed by atoms with Gasteiger partial charge in [0.05, 0.1) is 25.4 Å². The molecule has 1 aromatic rings. The van der Waals surface area contributed by atoms with Crippen LogP contribution >= 0.6 is 0 Å². The lowest BCUT2D eigenvalue weighted by atomic mass is 10.1. The molecule has 2 rings (SSSR count). The highest BCUT2D eigenvalue weighted by Crippen LogP contribution is 2.16. The minimum absolute atomic E-state index is 0.0188. The third-order valence-corrected chi connectivity index (χ3v) is 3.00. The van der Waals surface area contributed by atoms with Crippen molar-refractivity contribution in [2.45, 2.75) is 19.1 Å². The summed E-state index contributed by atoms with van der Waals surface area (Å²) in [5.74, 6) is 0.207. The molecule has 1 saturated heterocycles. The summed E-state index contributed by atoms with van der Waals surface area (Å²) in [6.07, 6.45) is 1.20. The number of carbonyl (C=O) groups is 1. The number of nitrogen functional groups attached to an aromatic ring is 1. The molecule has 2 unspecified atom stereocenters. The maximum absolute atomic E-state index is 12.3. The van der Waals surface area contributed by atoms with Crippen molar-refractivity contribution >= 4 is 11.7 Å². The minimum atomic E-state index is -0.315. The standard InChI is InChI=1S/C12H17N3O3/c1-8-7-18-10(6-16)5-15(8)12(17)9-2-3-14-11(13)4-9/h2-4,8,10,16H,5-7H2,1H3,(H2,13,14). The zero-order valence-electron chi connectivity index (χ0n) is 10.2. The summed E-state index contributed by atoms with van der Waals surface area (Å²) in [4.78, 5) is 17.9. The molecule has 0 spiro atoms. The van der Waals surface area contributed by atoms with Crippen LogP contribution in [0.1, 0.15) is 17.3 Å². The van der Waals surface area contributed by atoms with Crippen LogP contribution in [0.2, 0.25) is 0 Å². The molecule has 0 aromatic carbocycles. The molecule has 1 aromatic heterocycles. The molecule has 0 aliphatic carbocycles. The predicted octanol–water partition coefficient (Wildman–Crippen LogP) is -0.114. The number of aliphatic hydroxyl groups is 1. The molecule has 1 aliphatic rings. The summed E-state index contributed by atoms with van der Waals surface area (Å²) in [5.41, 5.74) is 6.07. The third-order valence-electron chi connectivity index (χ3n) is 3.00. The molecule has 1 amide bonds. The van der Waals surface area contributed by atoms with Crippen LogP contribution in [0.15, 0.2) is 18.3 Å². The van der Waals surface area contributed by atoms with Gasteiger partial charge in [-0.25, -0.2) is 4.98 Å². The Morgan fingerprint density at radius 1 is 1.72 bits per heavy atom. The molecule has 18 heavy (non-hydrogen) atoms. The van der Waals surface area contributed by atoms with Crippen molar-refractivity contribution in [2.75, 3.05) is 25.5 Å². The zero-order chi connectivity index (χ0) is 13.1. The largest absolute Gasteiger partial charge is 0.394 e. The SMILES string of the molecule is CC1COC(CO)CN1C(=O)c1ccnc(N)c1. The van der Waals surface area contributed by atoms with E-state index >= 15 is 0 Å². The number of ether oxygens (including phenoxy) is 1. The van der Waals surface area contributed by atoms with E-state index in [4.69, 9.17) is 15.6 Å². The number of carbonyl (C=O) groups excluding carboxylic acids is 1. The number of morpholine rings is 1. The lowest BCUT2D eigenvalue weighted by molar-refractivity contribution is -0.0667. The first-order valence-electron chi connectivity index (χ1n) is 5.86. The molecule has 3 N–H and O–H groups in total. The summed E-state index contributed by atoms with van der Waals surface area (Å²) in [6.45, 7) is 2.64. The van der Waals surface area contributed by atoms with Crippen molar-refractivity contribution in [2.24, 2.45) is 0 Å². The number of nitrogens with zero attached hydrogens (tertiary/aromatic N) is 2. The third kappa shape index (κ3) is 2.60. The highest BCUT2D eigenvalue weighted by atomic mass is 16.5. The number of nitrogens with two attached hydrogens (primary N) is 1. The van der Waals surface area contributed by atoms with Gasteiger partial charge in [-0.3, -0.25) is 4.79 Å². The van der Waals surface area contributed by atoms with E-state index in [-0.39, 0.29) is 24.7 Å². The van der Waals surface area contributed by atoms with Crippen LogP contribution in [0.25, 0.3) is 0 Å². The summed E-state index contributed by atoms with van der Waals surface area (Å²) >= 11 is 0. The molecular weight excluding hydrogens is 234 g/mol. The van der Waals surface area contributed by atoms with Gasteiger partial charge in [-0.1, -0.05) is 0 Å². The number of amides is 1. The van der Waals surface area contributed by atoms with E-state index in [1.54, 1.807) is 17.0 Å². The monoisotopic (exact) mass is 251 g/mol. The Morgan fingerprint density at radius 2 is 2.50 bits per heavy atom. The Kier molecular flexibility index (Phi) is 3.78. The van der Waals surface area contributed by atoms with Gasteiger partial charge in [-0.15, -0.1) is 0 Å². The Hall–Kier alpha value is -1.66. The Bertz CT molecular complexity index is 438. The smallest absolute Gasteiger partial charge is 0.254 e. The highest BCUT2D eigenvalue weighted by Gasteiger charge is 2.29. The molecule has 1 aliphatic heterocycles. The van der Waals surface area contributed by atoms with Gasteiger partial charge in [-0.05, 0) is 19.1 Å². The fourth-order valence-electron chi connectivity index (χ4n) is 1.96. The average Bonchev–Trinajstić information content (AvgIpc) is 2.38. The summed E-state index contributed by atoms with van der Waals surface area (Å²) in [7, 11) is 0. The van der Waals surface area contributed by atoms with Crippen LogP contribution in [0.3, 0.4) is 0 Å². The van der Waals surface area contributed by atoms with Crippen molar-refractivity contribution in [1.29, 1.82) is 0 Å². The van der Waals surface area contributed by atoms with E-state index in [0.29, 0.717) is 24.5 Å². The number of aliphatic hydroxyl groups excluding tert-OH is 1. The lowest BCUT2D eigenvalue weighted by Gasteiger charge is -2.37. The number of pyridine rings is 1. The molecule has 1 fully saturated rings. The van der Waals surface area contributed by atoms with Crippen LogP contribution in [-0.2, 0) is 4.74 Å². The number of anilines is 1. The molecular formula is C12H17N3O3. The van der Waals surface area contributed by atoms with Gasteiger partial charge in [0.25, 0.3) is 5.91 Å². The normalized spacial score (nSPS) is 24.0. The van der Waals surface area contributed by atoms with Crippen LogP contribution in [0.5, 0.6) is 0 Å². The van der Waals surface area contributed by atoms with E-state index in [0.717, 1.165) is 0 Å². The van der Waals surface area contributed by atoms with Gasteiger partial charge in [0.2, 0.25) is 0 Å². The fourth-order valence-corrected chi connectivity index (χ4v) is 1.96.